The summed E-state index contributed by atoms with van der Waals surface area (Å²) < 4.78 is 0. The van der Waals surface area contributed by atoms with Gasteiger partial charge in [0.25, 0.3) is 0 Å². The van der Waals surface area contributed by atoms with E-state index < -0.39 is 11.9 Å². The van der Waals surface area contributed by atoms with Crippen LogP contribution in [-0.4, -0.2) is 36.2 Å². The van der Waals surface area contributed by atoms with E-state index in [1.165, 1.54) is 6.33 Å². The summed E-state index contributed by atoms with van der Waals surface area (Å²) in [6.07, 6.45) is 1.62. The van der Waals surface area contributed by atoms with E-state index in [1.807, 2.05) is 0 Å². The van der Waals surface area contributed by atoms with Crippen LogP contribution in [0.4, 0.5) is 5.82 Å². The fourth-order valence-electron chi connectivity index (χ4n) is 1.41. The molecule has 0 saturated heterocycles. The molecule has 0 radical (unpaired) electrons. The van der Waals surface area contributed by atoms with Gasteiger partial charge in [-0.15, -0.1) is 10.2 Å². The molecule has 2 aromatic rings. The first kappa shape index (κ1) is 11.1. The first-order chi connectivity index (χ1) is 8.13. The molecule has 0 aliphatic heterocycles. The summed E-state index contributed by atoms with van der Waals surface area (Å²) in [5.74, 6) is -1.52. The fraction of sp³-hybridized carbons (Fsp3) is 0.333. The van der Waals surface area contributed by atoms with Crippen molar-refractivity contribution >= 4 is 23.0 Å². The summed E-state index contributed by atoms with van der Waals surface area (Å²) in [5.41, 5.74) is 6.14. The van der Waals surface area contributed by atoms with Gasteiger partial charge in [-0.3, -0.25) is 4.79 Å². The Bertz CT molecular complexity index is 572. The molecule has 0 saturated carbocycles. The molecule has 0 aliphatic carbocycles. The number of aliphatic carboxylic acids is 1. The molecule has 0 aliphatic rings. The van der Waals surface area contributed by atoms with E-state index in [4.69, 9.17) is 10.8 Å². The molecule has 0 fully saturated rings. The third-order valence-electron chi connectivity index (χ3n) is 2.32. The normalized spacial score (nSPS) is 12.5. The number of carboxylic acid groups (broad SMARTS) is 1. The third-order valence-corrected chi connectivity index (χ3v) is 2.32. The lowest BCUT2D eigenvalue weighted by Gasteiger charge is -2.07. The summed E-state index contributed by atoms with van der Waals surface area (Å²) in [4.78, 5) is 22.7. The van der Waals surface area contributed by atoms with Gasteiger partial charge in [-0.25, -0.2) is 15.0 Å². The number of nitrogens with two attached hydrogens (primary N) is 1. The molecule has 17 heavy (non-hydrogen) atoms. The lowest BCUT2D eigenvalue weighted by Crippen LogP contribution is -2.15. The number of hydrogen-bond acceptors (Lipinski definition) is 7. The molecule has 8 heteroatoms. The molecule has 0 amide bonds. The highest BCUT2D eigenvalue weighted by molar-refractivity contribution is 5.81. The fourth-order valence-corrected chi connectivity index (χ4v) is 1.41. The van der Waals surface area contributed by atoms with Crippen molar-refractivity contribution in [2.45, 2.75) is 19.3 Å². The SMILES string of the molecule is CCC(C(=O)O)c1nnc2ncnc(N)c2n1. The maximum absolute atomic E-state index is 11.0. The average Bonchev–Trinajstić information content (AvgIpc) is 2.30. The van der Waals surface area contributed by atoms with Crippen molar-refractivity contribution in [2.75, 3.05) is 5.73 Å². The number of carbonyl (C=O) groups is 1. The Balaban J connectivity index is 2.57. The van der Waals surface area contributed by atoms with Crippen molar-refractivity contribution in [1.29, 1.82) is 0 Å². The molecule has 88 valence electrons. The summed E-state index contributed by atoms with van der Waals surface area (Å²) in [6.45, 7) is 1.73. The van der Waals surface area contributed by atoms with Gasteiger partial charge in [0, 0.05) is 0 Å². The van der Waals surface area contributed by atoms with Gasteiger partial charge in [0.15, 0.2) is 17.2 Å². The second kappa shape index (κ2) is 4.24. The number of rotatable bonds is 3. The van der Waals surface area contributed by atoms with Gasteiger partial charge < -0.3 is 10.8 Å². The lowest BCUT2D eigenvalue weighted by atomic mass is 10.1. The summed E-state index contributed by atoms with van der Waals surface area (Å²) in [5, 5.41) is 16.5. The Labute approximate surface area is 95.9 Å². The zero-order valence-corrected chi connectivity index (χ0v) is 9.03. The first-order valence-electron chi connectivity index (χ1n) is 4.97. The van der Waals surface area contributed by atoms with Gasteiger partial charge in [0.1, 0.15) is 12.2 Å². The van der Waals surface area contributed by atoms with Crippen LogP contribution in [-0.2, 0) is 4.79 Å². The van der Waals surface area contributed by atoms with Gasteiger partial charge in [-0.1, -0.05) is 6.92 Å². The predicted octanol–water partition coefficient (Wildman–Crippen LogP) is -0.0248. The number of nitrogens with zero attached hydrogens (tertiary/aromatic N) is 5. The largest absolute Gasteiger partial charge is 0.481 e. The summed E-state index contributed by atoms with van der Waals surface area (Å²) >= 11 is 0. The molecule has 3 N–H and O–H groups in total. The van der Waals surface area contributed by atoms with Gasteiger partial charge in [0.2, 0.25) is 5.65 Å². The van der Waals surface area contributed by atoms with Crippen LogP contribution in [0.15, 0.2) is 6.33 Å². The molecule has 0 spiro atoms. The van der Waals surface area contributed by atoms with Gasteiger partial charge in [0.05, 0.1) is 0 Å². The number of carboxylic acids is 1. The number of hydrogen-bond donors (Lipinski definition) is 2. The van der Waals surface area contributed by atoms with Gasteiger partial charge in [-0.2, -0.15) is 0 Å². The molecular weight excluding hydrogens is 224 g/mol. The minimum Gasteiger partial charge on any atom is -0.481 e. The topological polar surface area (TPSA) is 128 Å². The molecule has 2 rings (SSSR count). The van der Waals surface area contributed by atoms with Gasteiger partial charge >= 0.3 is 5.97 Å². The van der Waals surface area contributed by atoms with Crippen molar-refractivity contribution in [2.24, 2.45) is 0 Å². The summed E-state index contributed by atoms with van der Waals surface area (Å²) in [7, 11) is 0. The minimum absolute atomic E-state index is 0.119. The highest BCUT2D eigenvalue weighted by Gasteiger charge is 2.22. The number of fused-ring (bicyclic) bond motifs is 1. The van der Waals surface area contributed by atoms with E-state index in [-0.39, 0.29) is 22.8 Å². The molecule has 1 unspecified atom stereocenters. The van der Waals surface area contributed by atoms with Crippen LogP contribution in [0.5, 0.6) is 0 Å². The molecule has 8 nitrogen and oxygen atoms in total. The van der Waals surface area contributed by atoms with E-state index in [1.54, 1.807) is 6.92 Å². The lowest BCUT2D eigenvalue weighted by molar-refractivity contribution is -0.139. The number of anilines is 1. The maximum Gasteiger partial charge on any atom is 0.314 e. The van der Waals surface area contributed by atoms with Crippen LogP contribution in [0.1, 0.15) is 25.1 Å². The van der Waals surface area contributed by atoms with Crippen LogP contribution in [0.3, 0.4) is 0 Å². The Kier molecular flexibility index (Phi) is 2.77. The Morgan fingerprint density at radius 3 is 2.88 bits per heavy atom. The maximum atomic E-state index is 11.0. The molecule has 0 bridgehead atoms. The second-order valence-electron chi connectivity index (χ2n) is 3.40. The zero-order valence-electron chi connectivity index (χ0n) is 9.03. The standard InChI is InChI=1S/C9H10N6O2/c1-2-4(9(16)17)7-13-5-6(10)11-3-12-8(5)15-14-7/h3-4H,2H2,1H3,(H,16,17)(H2,10,11,12,15). The van der Waals surface area contributed by atoms with Crippen LogP contribution < -0.4 is 5.73 Å². The van der Waals surface area contributed by atoms with Crippen molar-refractivity contribution < 1.29 is 9.90 Å². The van der Waals surface area contributed by atoms with E-state index in [2.05, 4.69) is 25.1 Å². The zero-order chi connectivity index (χ0) is 12.4. The first-order valence-corrected chi connectivity index (χ1v) is 4.97. The Hall–Kier alpha value is -2.38. The van der Waals surface area contributed by atoms with E-state index >= 15 is 0 Å². The van der Waals surface area contributed by atoms with Crippen LogP contribution in [0.2, 0.25) is 0 Å². The highest BCUT2D eigenvalue weighted by Crippen LogP contribution is 2.18. The molecule has 0 aromatic carbocycles. The number of nitrogen functional groups attached to an aromatic ring is 1. The van der Waals surface area contributed by atoms with E-state index in [0.717, 1.165) is 0 Å². The van der Waals surface area contributed by atoms with Gasteiger partial charge in [-0.05, 0) is 6.42 Å². The Morgan fingerprint density at radius 2 is 2.24 bits per heavy atom. The van der Waals surface area contributed by atoms with Crippen LogP contribution in [0, 0.1) is 0 Å². The van der Waals surface area contributed by atoms with Crippen molar-refractivity contribution in [3.63, 3.8) is 0 Å². The molecule has 1 atom stereocenters. The Morgan fingerprint density at radius 1 is 1.47 bits per heavy atom. The van der Waals surface area contributed by atoms with Crippen LogP contribution in [0.25, 0.3) is 11.2 Å². The quantitative estimate of drug-likeness (QED) is 0.757. The highest BCUT2D eigenvalue weighted by atomic mass is 16.4. The summed E-state index contributed by atoms with van der Waals surface area (Å²) in [6, 6.07) is 0. The second-order valence-corrected chi connectivity index (χ2v) is 3.40. The smallest absolute Gasteiger partial charge is 0.314 e. The molecule has 2 aromatic heterocycles. The van der Waals surface area contributed by atoms with Crippen molar-refractivity contribution in [3.05, 3.63) is 12.2 Å². The van der Waals surface area contributed by atoms with E-state index in [0.29, 0.717) is 6.42 Å². The minimum atomic E-state index is -0.996. The number of aromatic nitrogens is 5. The average molecular weight is 234 g/mol. The molecular formula is C9H10N6O2. The monoisotopic (exact) mass is 234 g/mol. The van der Waals surface area contributed by atoms with Crippen molar-refractivity contribution in [1.82, 2.24) is 25.1 Å². The van der Waals surface area contributed by atoms with Crippen LogP contribution >= 0.6 is 0 Å². The van der Waals surface area contributed by atoms with Crippen molar-refractivity contribution in [3.8, 4) is 0 Å². The third kappa shape index (κ3) is 1.96. The molecule has 2 heterocycles. The predicted molar refractivity (Wildman–Crippen MR) is 58.0 cm³/mol. The van der Waals surface area contributed by atoms with E-state index in [9.17, 15) is 4.79 Å².